The van der Waals surface area contributed by atoms with E-state index in [4.69, 9.17) is 14.5 Å². The highest BCUT2D eigenvalue weighted by atomic mass is 16.6. The zero-order valence-corrected chi connectivity index (χ0v) is 12.3. The highest BCUT2D eigenvalue weighted by Gasteiger charge is 2.16. The van der Waals surface area contributed by atoms with E-state index in [0.717, 1.165) is 54.9 Å². The van der Waals surface area contributed by atoms with Crippen LogP contribution in [0.2, 0.25) is 0 Å². The third-order valence-electron chi connectivity index (χ3n) is 3.88. The van der Waals surface area contributed by atoms with Crippen molar-refractivity contribution in [1.29, 1.82) is 0 Å². The first kappa shape index (κ1) is 13.3. The minimum absolute atomic E-state index is 0.590. The topological polar surface area (TPSA) is 59.5 Å². The fourth-order valence-corrected chi connectivity index (χ4v) is 2.73. The van der Waals surface area contributed by atoms with E-state index in [9.17, 15) is 0 Å². The van der Waals surface area contributed by atoms with Crippen molar-refractivity contribution in [3.05, 3.63) is 30.5 Å². The SMILES string of the molecule is c1cc(-c2ccc3c(c2)OCCO3)nc(N2CCNCC2)n1. The Bertz CT molecular complexity index is 671. The summed E-state index contributed by atoms with van der Waals surface area (Å²) in [7, 11) is 0. The largest absolute Gasteiger partial charge is 0.486 e. The number of benzene rings is 1. The zero-order valence-electron chi connectivity index (χ0n) is 12.3. The molecule has 0 unspecified atom stereocenters. The van der Waals surface area contributed by atoms with Gasteiger partial charge in [0.05, 0.1) is 5.69 Å². The van der Waals surface area contributed by atoms with Gasteiger partial charge in [-0.25, -0.2) is 9.97 Å². The van der Waals surface area contributed by atoms with Crippen LogP contribution in [0, 0.1) is 0 Å². The maximum atomic E-state index is 5.65. The van der Waals surface area contributed by atoms with E-state index >= 15 is 0 Å². The highest BCUT2D eigenvalue weighted by molar-refractivity contribution is 5.65. The van der Waals surface area contributed by atoms with Crippen LogP contribution in [0.25, 0.3) is 11.3 Å². The van der Waals surface area contributed by atoms with Crippen molar-refractivity contribution < 1.29 is 9.47 Å². The number of nitrogens with one attached hydrogen (secondary N) is 1. The molecule has 1 aromatic carbocycles. The molecular weight excluding hydrogens is 280 g/mol. The van der Waals surface area contributed by atoms with Gasteiger partial charge in [0.2, 0.25) is 5.95 Å². The van der Waals surface area contributed by atoms with Gasteiger partial charge in [0.1, 0.15) is 13.2 Å². The molecule has 1 fully saturated rings. The second kappa shape index (κ2) is 5.81. The number of rotatable bonds is 2. The molecule has 6 heteroatoms. The number of hydrogen-bond donors (Lipinski definition) is 1. The maximum absolute atomic E-state index is 5.65. The molecular formula is C16H18N4O2. The molecule has 0 bridgehead atoms. The van der Waals surface area contributed by atoms with Gasteiger partial charge in [-0.3, -0.25) is 0 Å². The van der Waals surface area contributed by atoms with Crippen LogP contribution in [0.1, 0.15) is 0 Å². The molecule has 114 valence electrons. The van der Waals surface area contributed by atoms with Crippen molar-refractivity contribution >= 4 is 5.95 Å². The Morgan fingerprint density at radius 2 is 1.82 bits per heavy atom. The Balaban J connectivity index is 1.64. The lowest BCUT2D eigenvalue weighted by Gasteiger charge is -2.27. The Hall–Kier alpha value is -2.34. The van der Waals surface area contributed by atoms with E-state index in [1.165, 1.54) is 0 Å². The molecule has 0 aliphatic carbocycles. The standard InChI is InChI=1S/C16H18N4O2/c1-2-14-15(22-10-9-21-14)11-12(1)13-3-4-18-16(19-13)20-7-5-17-6-8-20/h1-4,11,17H,5-10H2. The monoisotopic (exact) mass is 298 g/mol. The summed E-state index contributed by atoms with van der Waals surface area (Å²) in [6.45, 7) is 5.00. The van der Waals surface area contributed by atoms with E-state index < -0.39 is 0 Å². The van der Waals surface area contributed by atoms with Crippen LogP contribution < -0.4 is 19.7 Å². The van der Waals surface area contributed by atoms with Crippen LogP contribution >= 0.6 is 0 Å². The van der Waals surface area contributed by atoms with Crippen molar-refractivity contribution in [2.24, 2.45) is 0 Å². The predicted molar refractivity (Wildman–Crippen MR) is 83.5 cm³/mol. The molecule has 3 heterocycles. The lowest BCUT2D eigenvalue weighted by Crippen LogP contribution is -2.44. The molecule has 0 radical (unpaired) electrons. The second-order valence-electron chi connectivity index (χ2n) is 5.34. The summed E-state index contributed by atoms with van der Waals surface area (Å²) >= 11 is 0. The average Bonchev–Trinajstić information content (AvgIpc) is 2.62. The number of piperazine rings is 1. The number of hydrogen-bond acceptors (Lipinski definition) is 6. The Morgan fingerprint density at radius 3 is 2.68 bits per heavy atom. The van der Waals surface area contributed by atoms with Crippen LogP contribution in [0.15, 0.2) is 30.5 Å². The third kappa shape index (κ3) is 2.57. The molecule has 6 nitrogen and oxygen atoms in total. The molecule has 4 rings (SSSR count). The van der Waals surface area contributed by atoms with Gasteiger partial charge >= 0.3 is 0 Å². The number of aromatic nitrogens is 2. The first-order valence-corrected chi connectivity index (χ1v) is 7.59. The van der Waals surface area contributed by atoms with Crippen LogP contribution in [0.5, 0.6) is 11.5 Å². The fraction of sp³-hybridized carbons (Fsp3) is 0.375. The first-order valence-electron chi connectivity index (χ1n) is 7.59. The first-order chi connectivity index (χ1) is 10.9. The minimum atomic E-state index is 0.590. The van der Waals surface area contributed by atoms with Gasteiger partial charge in [-0.2, -0.15) is 0 Å². The third-order valence-corrected chi connectivity index (χ3v) is 3.88. The predicted octanol–water partition coefficient (Wildman–Crippen LogP) is 1.32. The highest BCUT2D eigenvalue weighted by Crippen LogP contribution is 2.34. The van der Waals surface area contributed by atoms with Crippen LogP contribution in [-0.4, -0.2) is 49.4 Å². The number of fused-ring (bicyclic) bond motifs is 1. The maximum Gasteiger partial charge on any atom is 0.225 e. The number of ether oxygens (including phenoxy) is 2. The van der Waals surface area contributed by atoms with Crippen molar-refractivity contribution in [3.8, 4) is 22.8 Å². The Morgan fingerprint density at radius 1 is 1.00 bits per heavy atom. The van der Waals surface area contributed by atoms with E-state index in [-0.39, 0.29) is 0 Å². The number of nitrogens with zero attached hydrogens (tertiary/aromatic N) is 3. The summed E-state index contributed by atoms with van der Waals surface area (Å²) in [5, 5.41) is 3.34. The van der Waals surface area contributed by atoms with Gasteiger partial charge in [0, 0.05) is 37.9 Å². The lowest BCUT2D eigenvalue weighted by molar-refractivity contribution is 0.171. The molecule has 2 aliphatic rings. The molecule has 1 N–H and O–H groups in total. The van der Waals surface area contributed by atoms with E-state index in [1.54, 1.807) is 0 Å². The summed E-state index contributed by atoms with van der Waals surface area (Å²) in [6, 6.07) is 7.86. The summed E-state index contributed by atoms with van der Waals surface area (Å²) in [5.74, 6) is 2.37. The summed E-state index contributed by atoms with van der Waals surface area (Å²) in [4.78, 5) is 11.3. The molecule has 0 atom stereocenters. The molecule has 0 saturated carbocycles. The molecule has 1 aromatic heterocycles. The molecule has 2 aromatic rings. The summed E-state index contributed by atoms with van der Waals surface area (Å²) in [6.07, 6.45) is 1.82. The van der Waals surface area contributed by atoms with E-state index in [0.29, 0.717) is 13.2 Å². The van der Waals surface area contributed by atoms with Crippen molar-refractivity contribution in [3.63, 3.8) is 0 Å². The van der Waals surface area contributed by atoms with E-state index in [1.807, 2.05) is 30.5 Å². The van der Waals surface area contributed by atoms with Gasteiger partial charge in [0.25, 0.3) is 0 Å². The Labute approximate surface area is 129 Å². The normalized spacial score (nSPS) is 17.4. The minimum Gasteiger partial charge on any atom is -0.486 e. The van der Waals surface area contributed by atoms with Crippen molar-refractivity contribution in [2.45, 2.75) is 0 Å². The lowest BCUT2D eigenvalue weighted by atomic mass is 10.1. The number of anilines is 1. The molecule has 1 saturated heterocycles. The zero-order chi connectivity index (χ0) is 14.8. The smallest absolute Gasteiger partial charge is 0.225 e. The summed E-state index contributed by atoms with van der Waals surface area (Å²) < 4.78 is 11.2. The van der Waals surface area contributed by atoms with Gasteiger partial charge in [0.15, 0.2) is 11.5 Å². The van der Waals surface area contributed by atoms with Gasteiger partial charge in [-0.05, 0) is 24.3 Å². The summed E-state index contributed by atoms with van der Waals surface area (Å²) in [5.41, 5.74) is 1.92. The second-order valence-corrected chi connectivity index (χ2v) is 5.34. The van der Waals surface area contributed by atoms with Crippen molar-refractivity contribution in [1.82, 2.24) is 15.3 Å². The molecule has 0 amide bonds. The molecule has 22 heavy (non-hydrogen) atoms. The average molecular weight is 298 g/mol. The van der Waals surface area contributed by atoms with Gasteiger partial charge in [-0.1, -0.05) is 0 Å². The van der Waals surface area contributed by atoms with Gasteiger partial charge in [-0.15, -0.1) is 0 Å². The van der Waals surface area contributed by atoms with Crippen LogP contribution in [-0.2, 0) is 0 Å². The van der Waals surface area contributed by atoms with Gasteiger partial charge < -0.3 is 19.7 Å². The van der Waals surface area contributed by atoms with Crippen LogP contribution in [0.4, 0.5) is 5.95 Å². The van der Waals surface area contributed by atoms with Crippen LogP contribution in [0.3, 0.4) is 0 Å². The fourth-order valence-electron chi connectivity index (χ4n) is 2.73. The van der Waals surface area contributed by atoms with Crippen molar-refractivity contribution in [2.75, 3.05) is 44.3 Å². The quantitative estimate of drug-likeness (QED) is 0.902. The molecule has 0 spiro atoms. The molecule has 2 aliphatic heterocycles. The van der Waals surface area contributed by atoms with E-state index in [2.05, 4.69) is 15.2 Å². The Kier molecular flexibility index (Phi) is 3.52.